The molecule has 0 aliphatic heterocycles. The van der Waals surface area contributed by atoms with Crippen molar-refractivity contribution >= 4 is 17.2 Å². The summed E-state index contributed by atoms with van der Waals surface area (Å²) in [4.78, 5) is 17.2. The molecule has 4 heteroatoms. The average Bonchev–Trinajstić information content (AvgIpc) is 3.00. The number of hydrogen-bond acceptors (Lipinski definition) is 3. The van der Waals surface area contributed by atoms with Crippen molar-refractivity contribution in [2.24, 2.45) is 0 Å². The van der Waals surface area contributed by atoms with Gasteiger partial charge in [-0.1, -0.05) is 32.9 Å². The van der Waals surface area contributed by atoms with Gasteiger partial charge in [0.25, 0.3) is 0 Å². The molecule has 0 saturated heterocycles. The van der Waals surface area contributed by atoms with E-state index in [1.165, 1.54) is 22.3 Å². The molecule has 0 atom stereocenters. The lowest BCUT2D eigenvalue weighted by atomic mass is 9.83. The van der Waals surface area contributed by atoms with Crippen molar-refractivity contribution in [1.82, 2.24) is 10.3 Å². The molecule has 1 N–H and O–H groups in total. The maximum atomic E-state index is 12.0. The molecule has 0 fully saturated rings. The van der Waals surface area contributed by atoms with Gasteiger partial charge in [-0.3, -0.25) is 9.78 Å². The first kappa shape index (κ1) is 18.7. The Morgan fingerprint density at radius 1 is 1.17 bits per heavy atom. The highest BCUT2D eigenvalue weighted by Gasteiger charge is 2.16. The minimum atomic E-state index is 0.116. The van der Waals surface area contributed by atoms with Crippen LogP contribution in [-0.4, -0.2) is 17.4 Å². The number of nitrogens with one attached hydrogen (secondary N) is 1. The van der Waals surface area contributed by atoms with Gasteiger partial charge >= 0.3 is 0 Å². The fraction of sp³-hybridized carbons (Fsp3) is 0.500. The van der Waals surface area contributed by atoms with Gasteiger partial charge in [0, 0.05) is 24.0 Å². The average molecular weight is 345 g/mol. The van der Waals surface area contributed by atoms with Crippen LogP contribution in [0.2, 0.25) is 0 Å². The zero-order valence-corrected chi connectivity index (χ0v) is 16.2. The van der Waals surface area contributed by atoms with Crippen LogP contribution < -0.4 is 5.32 Å². The number of aromatic nitrogens is 1. The van der Waals surface area contributed by atoms with Crippen LogP contribution in [0.1, 0.15) is 54.3 Å². The van der Waals surface area contributed by atoms with Crippen molar-refractivity contribution in [2.75, 3.05) is 6.54 Å². The summed E-state index contributed by atoms with van der Waals surface area (Å²) in [6.45, 7) is 11.8. The zero-order valence-electron chi connectivity index (χ0n) is 15.4. The van der Waals surface area contributed by atoms with Gasteiger partial charge < -0.3 is 5.32 Å². The molecule has 0 spiro atoms. The molecular weight excluding hydrogens is 316 g/mol. The minimum absolute atomic E-state index is 0.116. The van der Waals surface area contributed by atoms with Crippen LogP contribution in [0.5, 0.6) is 0 Å². The molecule has 2 aromatic rings. The normalized spacial score (nSPS) is 11.5. The third kappa shape index (κ3) is 5.17. The maximum Gasteiger partial charge on any atom is 0.220 e. The van der Waals surface area contributed by atoms with Crippen LogP contribution in [-0.2, 0) is 23.1 Å². The van der Waals surface area contributed by atoms with Gasteiger partial charge in [-0.2, -0.15) is 0 Å². The van der Waals surface area contributed by atoms with E-state index < -0.39 is 0 Å². The Bertz CT molecular complexity index is 661. The number of thiazole rings is 1. The van der Waals surface area contributed by atoms with E-state index in [0.717, 1.165) is 17.7 Å². The standard InChI is InChI=1S/C20H28N2OS/c1-14-10-16(20(3,4)5)11-15(2)18(14)8-9-22-19(23)7-6-17-12-21-13-24-17/h10-13H,6-9H2,1-5H3,(H,22,23). The van der Waals surface area contributed by atoms with Crippen molar-refractivity contribution < 1.29 is 4.79 Å². The van der Waals surface area contributed by atoms with Gasteiger partial charge in [-0.25, -0.2) is 0 Å². The third-order valence-corrected chi connectivity index (χ3v) is 5.18. The van der Waals surface area contributed by atoms with Crippen molar-refractivity contribution in [2.45, 2.75) is 59.3 Å². The van der Waals surface area contributed by atoms with Gasteiger partial charge in [0.05, 0.1) is 5.51 Å². The molecule has 1 amide bonds. The van der Waals surface area contributed by atoms with Gasteiger partial charge in [-0.05, 0) is 54.4 Å². The maximum absolute atomic E-state index is 12.0. The third-order valence-electron chi connectivity index (χ3n) is 4.34. The van der Waals surface area contributed by atoms with Gasteiger partial charge in [0.15, 0.2) is 0 Å². The number of nitrogens with zero attached hydrogens (tertiary/aromatic N) is 1. The number of aryl methyl sites for hydroxylation is 3. The fourth-order valence-electron chi connectivity index (χ4n) is 2.84. The van der Waals surface area contributed by atoms with E-state index in [0.29, 0.717) is 13.0 Å². The number of rotatable bonds is 6. The molecule has 0 saturated carbocycles. The van der Waals surface area contributed by atoms with Crippen molar-refractivity contribution in [3.05, 3.63) is 51.0 Å². The quantitative estimate of drug-likeness (QED) is 0.846. The van der Waals surface area contributed by atoms with Crippen molar-refractivity contribution in [3.63, 3.8) is 0 Å². The van der Waals surface area contributed by atoms with E-state index in [1.807, 2.05) is 6.20 Å². The predicted octanol–water partition coefficient (Wildman–Crippen LogP) is 4.35. The van der Waals surface area contributed by atoms with E-state index in [4.69, 9.17) is 0 Å². The Morgan fingerprint density at radius 3 is 2.38 bits per heavy atom. The summed E-state index contributed by atoms with van der Waals surface area (Å²) in [6, 6.07) is 4.57. The summed E-state index contributed by atoms with van der Waals surface area (Å²) >= 11 is 1.60. The molecular formula is C20H28N2OS. The molecule has 1 aromatic carbocycles. The summed E-state index contributed by atoms with van der Waals surface area (Å²) in [5.41, 5.74) is 7.33. The summed E-state index contributed by atoms with van der Waals surface area (Å²) in [7, 11) is 0. The molecule has 0 unspecified atom stereocenters. The molecule has 1 heterocycles. The lowest BCUT2D eigenvalue weighted by molar-refractivity contribution is -0.121. The van der Waals surface area contributed by atoms with Gasteiger partial charge in [-0.15, -0.1) is 11.3 Å². The number of hydrogen-bond donors (Lipinski definition) is 1. The molecule has 2 rings (SSSR count). The van der Waals surface area contributed by atoms with Crippen LogP contribution in [0.15, 0.2) is 23.8 Å². The highest BCUT2D eigenvalue weighted by Crippen LogP contribution is 2.27. The second-order valence-corrected chi connectivity index (χ2v) is 8.38. The first-order chi connectivity index (χ1) is 11.3. The summed E-state index contributed by atoms with van der Waals surface area (Å²) < 4.78 is 0. The molecule has 1 aromatic heterocycles. The molecule has 24 heavy (non-hydrogen) atoms. The largest absolute Gasteiger partial charge is 0.356 e. The predicted molar refractivity (Wildman–Crippen MR) is 102 cm³/mol. The van der Waals surface area contributed by atoms with Crippen LogP contribution in [0.4, 0.5) is 0 Å². The highest BCUT2D eigenvalue weighted by atomic mass is 32.1. The SMILES string of the molecule is Cc1cc(C(C)(C)C)cc(C)c1CCNC(=O)CCc1cncs1. The Morgan fingerprint density at radius 2 is 1.83 bits per heavy atom. The van der Waals surface area contributed by atoms with E-state index >= 15 is 0 Å². The first-order valence-corrected chi connectivity index (χ1v) is 9.40. The minimum Gasteiger partial charge on any atom is -0.356 e. The molecule has 0 aliphatic rings. The lowest BCUT2D eigenvalue weighted by Crippen LogP contribution is -2.26. The highest BCUT2D eigenvalue weighted by molar-refractivity contribution is 7.09. The number of carbonyl (C=O) groups excluding carboxylic acids is 1. The Labute approximate surface area is 149 Å². The van der Waals surface area contributed by atoms with Crippen LogP contribution in [0, 0.1) is 13.8 Å². The second-order valence-electron chi connectivity index (χ2n) is 7.41. The zero-order chi connectivity index (χ0) is 17.7. The molecule has 0 bridgehead atoms. The van der Waals surface area contributed by atoms with E-state index in [2.05, 4.69) is 57.1 Å². The van der Waals surface area contributed by atoms with Crippen molar-refractivity contribution in [3.8, 4) is 0 Å². The second kappa shape index (κ2) is 7.93. The van der Waals surface area contributed by atoms with E-state index in [1.54, 1.807) is 16.8 Å². The monoisotopic (exact) mass is 344 g/mol. The van der Waals surface area contributed by atoms with Gasteiger partial charge in [0.2, 0.25) is 5.91 Å². The Kier molecular flexibility index (Phi) is 6.16. The Hall–Kier alpha value is -1.68. The summed E-state index contributed by atoms with van der Waals surface area (Å²) in [5, 5.41) is 3.04. The van der Waals surface area contributed by atoms with E-state index in [9.17, 15) is 4.79 Å². The van der Waals surface area contributed by atoms with E-state index in [-0.39, 0.29) is 11.3 Å². The number of benzene rings is 1. The molecule has 0 radical (unpaired) electrons. The van der Waals surface area contributed by atoms with Gasteiger partial charge in [0.1, 0.15) is 0 Å². The molecule has 130 valence electrons. The fourth-order valence-corrected chi connectivity index (χ4v) is 3.44. The van der Waals surface area contributed by atoms with Crippen LogP contribution >= 0.6 is 11.3 Å². The first-order valence-electron chi connectivity index (χ1n) is 8.52. The number of carbonyl (C=O) groups is 1. The van der Waals surface area contributed by atoms with Crippen LogP contribution in [0.25, 0.3) is 0 Å². The lowest BCUT2D eigenvalue weighted by Gasteiger charge is -2.22. The Balaban J connectivity index is 1.86. The number of amides is 1. The smallest absolute Gasteiger partial charge is 0.220 e. The summed E-state index contributed by atoms with van der Waals surface area (Å²) in [5.74, 6) is 0.116. The molecule has 3 nitrogen and oxygen atoms in total. The topological polar surface area (TPSA) is 42.0 Å². The summed E-state index contributed by atoms with van der Waals surface area (Å²) in [6.07, 6.45) is 4.02. The van der Waals surface area contributed by atoms with Crippen LogP contribution in [0.3, 0.4) is 0 Å². The van der Waals surface area contributed by atoms with Crippen molar-refractivity contribution in [1.29, 1.82) is 0 Å². The molecule has 0 aliphatic carbocycles.